The molecule has 0 radical (unpaired) electrons. The summed E-state index contributed by atoms with van der Waals surface area (Å²) in [4.78, 5) is 17.7. The van der Waals surface area contributed by atoms with Crippen molar-refractivity contribution in [2.24, 2.45) is 0 Å². The standard InChI is InChI=1S/C13H12Cl2N2O/c1-7-10(14)5-4-8-6-9(12(15)18)13(17(2)3)16-11(7)8/h4-6H,1-3H3. The molecule has 0 aliphatic carbocycles. The maximum Gasteiger partial charge on any atom is 0.256 e. The van der Waals surface area contributed by atoms with Crippen molar-refractivity contribution in [3.63, 3.8) is 0 Å². The van der Waals surface area contributed by atoms with E-state index in [1.807, 2.05) is 27.1 Å². The third-order valence-corrected chi connectivity index (χ3v) is 3.40. The van der Waals surface area contributed by atoms with Crippen LogP contribution in [0, 0.1) is 6.92 Å². The minimum atomic E-state index is -0.513. The molecule has 2 aromatic rings. The Bertz CT molecular complexity index is 638. The van der Waals surface area contributed by atoms with Gasteiger partial charge in [-0.1, -0.05) is 17.7 Å². The van der Waals surface area contributed by atoms with Crippen LogP contribution < -0.4 is 4.90 Å². The Balaban J connectivity index is 2.85. The molecule has 0 fully saturated rings. The Morgan fingerprint density at radius 1 is 1.33 bits per heavy atom. The van der Waals surface area contributed by atoms with Crippen molar-refractivity contribution in [1.29, 1.82) is 0 Å². The van der Waals surface area contributed by atoms with Crippen LogP contribution in [0.2, 0.25) is 5.02 Å². The van der Waals surface area contributed by atoms with Crippen LogP contribution >= 0.6 is 23.2 Å². The van der Waals surface area contributed by atoms with Crippen molar-refractivity contribution in [2.45, 2.75) is 6.92 Å². The fourth-order valence-corrected chi connectivity index (χ4v) is 2.12. The molecule has 0 atom stereocenters. The van der Waals surface area contributed by atoms with Gasteiger partial charge in [0, 0.05) is 24.5 Å². The molecular formula is C13H12Cl2N2O. The number of aromatic nitrogens is 1. The number of carbonyl (C=O) groups excluding carboxylic acids is 1. The topological polar surface area (TPSA) is 33.2 Å². The Hall–Kier alpha value is -1.32. The number of hydrogen-bond acceptors (Lipinski definition) is 3. The van der Waals surface area contributed by atoms with Crippen LogP contribution in [0.4, 0.5) is 5.82 Å². The Labute approximate surface area is 115 Å². The van der Waals surface area contributed by atoms with E-state index >= 15 is 0 Å². The molecule has 1 aromatic heterocycles. The summed E-state index contributed by atoms with van der Waals surface area (Å²) in [5, 5.41) is 0.997. The average Bonchev–Trinajstić information content (AvgIpc) is 2.32. The normalized spacial score (nSPS) is 10.7. The van der Waals surface area contributed by atoms with Crippen molar-refractivity contribution in [1.82, 2.24) is 4.98 Å². The van der Waals surface area contributed by atoms with E-state index in [2.05, 4.69) is 4.98 Å². The monoisotopic (exact) mass is 282 g/mol. The first kappa shape index (κ1) is 13.1. The molecule has 18 heavy (non-hydrogen) atoms. The Morgan fingerprint density at radius 2 is 2.00 bits per heavy atom. The molecule has 94 valence electrons. The molecule has 0 aliphatic heterocycles. The lowest BCUT2D eigenvalue weighted by atomic mass is 10.1. The molecule has 5 heteroatoms. The van der Waals surface area contributed by atoms with Crippen LogP contribution in [0.5, 0.6) is 0 Å². The molecule has 0 bridgehead atoms. The summed E-state index contributed by atoms with van der Waals surface area (Å²) in [6, 6.07) is 5.37. The minimum Gasteiger partial charge on any atom is -0.362 e. The number of fused-ring (bicyclic) bond motifs is 1. The van der Waals surface area contributed by atoms with Crippen molar-refractivity contribution in [2.75, 3.05) is 19.0 Å². The van der Waals surface area contributed by atoms with E-state index in [4.69, 9.17) is 23.2 Å². The summed E-state index contributed by atoms with van der Waals surface area (Å²) in [7, 11) is 3.63. The highest BCUT2D eigenvalue weighted by Gasteiger charge is 2.15. The smallest absolute Gasteiger partial charge is 0.256 e. The maximum absolute atomic E-state index is 11.4. The lowest BCUT2D eigenvalue weighted by Gasteiger charge is -2.16. The van der Waals surface area contributed by atoms with Gasteiger partial charge in [0.2, 0.25) is 0 Å². The quantitative estimate of drug-likeness (QED) is 0.789. The van der Waals surface area contributed by atoms with Gasteiger partial charge >= 0.3 is 0 Å². The van der Waals surface area contributed by atoms with Gasteiger partial charge in [0.15, 0.2) is 0 Å². The summed E-state index contributed by atoms with van der Waals surface area (Å²) in [5.41, 5.74) is 2.08. The molecule has 1 aromatic carbocycles. The van der Waals surface area contributed by atoms with Gasteiger partial charge in [-0.15, -0.1) is 0 Å². The molecule has 0 amide bonds. The predicted molar refractivity (Wildman–Crippen MR) is 76.0 cm³/mol. The second-order valence-corrected chi connectivity index (χ2v) is 5.02. The predicted octanol–water partition coefficient (Wildman–Crippen LogP) is 3.64. The number of hydrogen-bond donors (Lipinski definition) is 0. The Kier molecular flexibility index (Phi) is 3.46. The SMILES string of the molecule is Cc1c(Cl)ccc2cc(C(=O)Cl)c(N(C)C)nc12. The molecule has 0 unspecified atom stereocenters. The van der Waals surface area contributed by atoms with E-state index in [0.717, 1.165) is 16.5 Å². The summed E-state index contributed by atoms with van der Waals surface area (Å²) in [6.07, 6.45) is 0. The van der Waals surface area contributed by atoms with Crippen LogP contribution in [-0.4, -0.2) is 24.3 Å². The molecule has 3 nitrogen and oxygen atoms in total. The molecule has 2 rings (SSSR count). The molecule has 1 heterocycles. The molecular weight excluding hydrogens is 271 g/mol. The summed E-state index contributed by atoms with van der Waals surface area (Å²) in [5.74, 6) is 0.549. The number of benzene rings is 1. The number of nitrogens with zero attached hydrogens (tertiary/aromatic N) is 2. The van der Waals surface area contributed by atoms with Crippen molar-refractivity contribution < 1.29 is 4.79 Å². The third kappa shape index (κ3) is 2.16. The summed E-state index contributed by atoms with van der Waals surface area (Å²) >= 11 is 11.7. The van der Waals surface area contributed by atoms with E-state index < -0.39 is 5.24 Å². The highest BCUT2D eigenvalue weighted by molar-refractivity contribution is 6.68. The zero-order valence-electron chi connectivity index (χ0n) is 10.3. The fourth-order valence-electron chi connectivity index (χ4n) is 1.83. The second kappa shape index (κ2) is 4.75. The number of aryl methyl sites for hydroxylation is 1. The first-order valence-electron chi connectivity index (χ1n) is 5.39. The lowest BCUT2D eigenvalue weighted by molar-refractivity contribution is 0.108. The zero-order chi connectivity index (χ0) is 13.4. The van der Waals surface area contributed by atoms with Gasteiger partial charge in [0.1, 0.15) is 5.82 Å². The number of carbonyl (C=O) groups is 1. The maximum atomic E-state index is 11.4. The van der Waals surface area contributed by atoms with Gasteiger partial charge in [-0.2, -0.15) is 0 Å². The highest BCUT2D eigenvalue weighted by atomic mass is 35.5. The molecule has 0 spiro atoms. The van der Waals surface area contributed by atoms with Gasteiger partial charge in [0.25, 0.3) is 5.24 Å². The molecule has 0 saturated carbocycles. The van der Waals surface area contributed by atoms with E-state index in [1.165, 1.54) is 0 Å². The molecule has 0 saturated heterocycles. The van der Waals surface area contributed by atoms with Gasteiger partial charge in [-0.05, 0) is 36.2 Å². The van der Waals surface area contributed by atoms with Gasteiger partial charge in [-0.3, -0.25) is 4.79 Å². The first-order chi connectivity index (χ1) is 8.41. The number of rotatable bonds is 2. The van der Waals surface area contributed by atoms with Crippen LogP contribution in [0.25, 0.3) is 10.9 Å². The lowest BCUT2D eigenvalue weighted by Crippen LogP contribution is -2.14. The Morgan fingerprint density at radius 3 is 2.56 bits per heavy atom. The highest BCUT2D eigenvalue weighted by Crippen LogP contribution is 2.29. The largest absolute Gasteiger partial charge is 0.362 e. The number of pyridine rings is 1. The molecule has 0 N–H and O–H groups in total. The van der Waals surface area contributed by atoms with Crippen LogP contribution in [0.1, 0.15) is 15.9 Å². The van der Waals surface area contributed by atoms with E-state index in [0.29, 0.717) is 16.4 Å². The van der Waals surface area contributed by atoms with E-state index in [9.17, 15) is 4.79 Å². The van der Waals surface area contributed by atoms with Crippen molar-refractivity contribution in [3.8, 4) is 0 Å². The van der Waals surface area contributed by atoms with Crippen molar-refractivity contribution in [3.05, 3.63) is 34.3 Å². The minimum absolute atomic E-state index is 0.399. The zero-order valence-corrected chi connectivity index (χ0v) is 11.8. The number of anilines is 1. The number of halogens is 2. The second-order valence-electron chi connectivity index (χ2n) is 4.27. The van der Waals surface area contributed by atoms with Gasteiger partial charge < -0.3 is 4.90 Å². The van der Waals surface area contributed by atoms with Crippen LogP contribution in [-0.2, 0) is 0 Å². The summed E-state index contributed by atoms with van der Waals surface area (Å²) in [6.45, 7) is 1.90. The first-order valence-corrected chi connectivity index (χ1v) is 6.14. The summed E-state index contributed by atoms with van der Waals surface area (Å²) < 4.78 is 0. The van der Waals surface area contributed by atoms with Crippen molar-refractivity contribution >= 4 is 45.2 Å². The van der Waals surface area contributed by atoms with Crippen LogP contribution in [0.3, 0.4) is 0 Å². The van der Waals surface area contributed by atoms with Gasteiger partial charge in [0.05, 0.1) is 11.1 Å². The van der Waals surface area contributed by atoms with Crippen LogP contribution in [0.15, 0.2) is 18.2 Å². The van der Waals surface area contributed by atoms with E-state index in [-0.39, 0.29) is 0 Å². The fraction of sp³-hybridized carbons (Fsp3) is 0.231. The molecule has 0 aliphatic rings. The van der Waals surface area contributed by atoms with E-state index in [1.54, 1.807) is 17.0 Å². The average molecular weight is 283 g/mol. The third-order valence-electron chi connectivity index (χ3n) is 2.79. The van der Waals surface area contributed by atoms with Gasteiger partial charge in [-0.25, -0.2) is 4.98 Å².